The number of nitrogens with zero attached hydrogens (tertiary/aromatic N) is 2. The Labute approximate surface area is 216 Å². The fourth-order valence-electron chi connectivity index (χ4n) is 3.21. The first-order valence-corrected chi connectivity index (χ1v) is 12.4. The highest BCUT2D eigenvalue weighted by Gasteiger charge is 2.30. The molecule has 0 radical (unpaired) electrons. The van der Waals surface area contributed by atoms with Gasteiger partial charge in [0.1, 0.15) is 17.2 Å². The van der Waals surface area contributed by atoms with E-state index in [2.05, 4.69) is 21.0 Å². The van der Waals surface area contributed by atoms with E-state index in [0.29, 0.717) is 32.3 Å². The molecule has 192 valence electrons. The van der Waals surface area contributed by atoms with Gasteiger partial charge >= 0.3 is 6.18 Å². The van der Waals surface area contributed by atoms with Gasteiger partial charge in [-0.05, 0) is 43.7 Å². The van der Waals surface area contributed by atoms with Crippen molar-refractivity contribution in [1.29, 1.82) is 0 Å². The lowest BCUT2D eigenvalue weighted by Gasteiger charge is -2.07. The number of alkyl halides is 3. The molecule has 2 amide bonds. The maximum absolute atomic E-state index is 12.8. The van der Waals surface area contributed by atoms with Gasteiger partial charge in [0.15, 0.2) is 0 Å². The number of rotatable bonds is 7. The SMILES string of the molecule is C/C(=N\NC(=O)c1ccc(C(=O)NCc2cc(C)on2)s1)c1csc(-c2ccc(C(F)(F)F)cc2)c1O. The summed E-state index contributed by atoms with van der Waals surface area (Å²) in [4.78, 5) is 25.8. The Morgan fingerprint density at radius 3 is 2.41 bits per heavy atom. The number of aromatic nitrogens is 1. The third kappa shape index (κ3) is 6.06. The topological polar surface area (TPSA) is 117 Å². The summed E-state index contributed by atoms with van der Waals surface area (Å²) in [5, 5.41) is 22.7. The second-order valence-corrected chi connectivity index (χ2v) is 9.78. The van der Waals surface area contributed by atoms with Crippen molar-refractivity contribution in [1.82, 2.24) is 15.9 Å². The number of aromatic hydroxyl groups is 1. The van der Waals surface area contributed by atoms with Gasteiger partial charge in [-0.2, -0.15) is 18.3 Å². The molecule has 0 bridgehead atoms. The number of hydrazone groups is 1. The molecule has 3 heterocycles. The van der Waals surface area contributed by atoms with Crippen LogP contribution in [0.2, 0.25) is 0 Å². The maximum atomic E-state index is 12.8. The molecule has 0 fully saturated rings. The van der Waals surface area contributed by atoms with Crippen LogP contribution in [0.5, 0.6) is 5.75 Å². The van der Waals surface area contributed by atoms with Crippen LogP contribution < -0.4 is 10.7 Å². The second-order valence-electron chi connectivity index (χ2n) is 7.82. The number of hydrogen-bond acceptors (Lipinski definition) is 8. The molecule has 0 spiro atoms. The lowest BCUT2D eigenvalue weighted by molar-refractivity contribution is -0.137. The van der Waals surface area contributed by atoms with Crippen molar-refractivity contribution in [3.05, 3.63) is 80.2 Å². The van der Waals surface area contributed by atoms with Crippen LogP contribution in [0.3, 0.4) is 0 Å². The smallest absolute Gasteiger partial charge is 0.416 e. The standard InChI is InChI=1S/C24H19F3N4O4S2/c1-12-9-16(31-35-12)10-28-22(33)18-7-8-19(37-18)23(34)30-29-13(2)17-11-36-21(20(17)32)14-3-5-15(6-4-14)24(25,26)27/h3-9,11,32H,10H2,1-2H3,(H,28,33)(H,30,34)/b29-13+. The van der Waals surface area contributed by atoms with Gasteiger partial charge < -0.3 is 14.9 Å². The Morgan fingerprint density at radius 2 is 1.78 bits per heavy atom. The van der Waals surface area contributed by atoms with Crippen LogP contribution in [0, 0.1) is 6.92 Å². The van der Waals surface area contributed by atoms with E-state index in [0.717, 1.165) is 34.8 Å². The third-order valence-corrected chi connectivity index (χ3v) is 7.22. The highest BCUT2D eigenvalue weighted by Crippen LogP contribution is 2.40. The highest BCUT2D eigenvalue weighted by molar-refractivity contribution is 7.16. The van der Waals surface area contributed by atoms with E-state index in [9.17, 15) is 27.9 Å². The van der Waals surface area contributed by atoms with Gasteiger partial charge in [0.05, 0.1) is 38.0 Å². The Morgan fingerprint density at radius 1 is 1.11 bits per heavy atom. The summed E-state index contributed by atoms with van der Waals surface area (Å²) >= 11 is 2.11. The van der Waals surface area contributed by atoms with Crippen molar-refractivity contribution in [2.45, 2.75) is 26.6 Å². The Kier molecular flexibility index (Phi) is 7.45. The predicted molar refractivity (Wildman–Crippen MR) is 133 cm³/mol. The largest absolute Gasteiger partial charge is 0.506 e. The molecule has 0 aliphatic heterocycles. The molecule has 4 aromatic rings. The van der Waals surface area contributed by atoms with E-state index < -0.39 is 17.6 Å². The molecule has 0 atom stereocenters. The van der Waals surface area contributed by atoms with Gasteiger partial charge in [-0.3, -0.25) is 9.59 Å². The monoisotopic (exact) mass is 548 g/mol. The summed E-state index contributed by atoms with van der Waals surface area (Å²) < 4.78 is 43.4. The number of aryl methyl sites for hydroxylation is 1. The second kappa shape index (κ2) is 10.6. The van der Waals surface area contributed by atoms with Crippen LogP contribution in [-0.2, 0) is 12.7 Å². The van der Waals surface area contributed by atoms with Gasteiger partial charge in [-0.15, -0.1) is 22.7 Å². The minimum atomic E-state index is -4.45. The zero-order valence-corrected chi connectivity index (χ0v) is 21.0. The average Bonchev–Trinajstić information content (AvgIpc) is 3.60. The molecule has 1 aromatic carbocycles. The van der Waals surface area contributed by atoms with E-state index in [1.54, 1.807) is 25.3 Å². The minimum absolute atomic E-state index is 0.155. The molecule has 8 nitrogen and oxygen atoms in total. The number of thiophene rings is 2. The van der Waals surface area contributed by atoms with E-state index in [-0.39, 0.29) is 28.8 Å². The van der Waals surface area contributed by atoms with Crippen molar-refractivity contribution in [2.75, 3.05) is 0 Å². The Balaban J connectivity index is 1.39. The number of carbonyl (C=O) groups is 2. The average molecular weight is 549 g/mol. The van der Waals surface area contributed by atoms with E-state index in [1.165, 1.54) is 24.3 Å². The molecule has 3 N–H and O–H groups in total. The van der Waals surface area contributed by atoms with Gasteiger partial charge in [-0.1, -0.05) is 17.3 Å². The van der Waals surface area contributed by atoms with Crippen LogP contribution in [0.4, 0.5) is 13.2 Å². The van der Waals surface area contributed by atoms with Crippen LogP contribution in [0.1, 0.15) is 48.8 Å². The zero-order chi connectivity index (χ0) is 26.7. The number of halogens is 3. The van der Waals surface area contributed by atoms with Gasteiger partial charge in [-0.25, -0.2) is 5.43 Å². The normalized spacial score (nSPS) is 12.0. The van der Waals surface area contributed by atoms with Crippen molar-refractivity contribution in [3.63, 3.8) is 0 Å². The van der Waals surface area contributed by atoms with Crippen molar-refractivity contribution < 1.29 is 32.4 Å². The summed E-state index contributed by atoms with van der Waals surface area (Å²) in [7, 11) is 0. The molecule has 4 rings (SSSR count). The van der Waals surface area contributed by atoms with Crippen LogP contribution >= 0.6 is 22.7 Å². The quantitative estimate of drug-likeness (QED) is 0.206. The maximum Gasteiger partial charge on any atom is 0.416 e. The zero-order valence-electron chi connectivity index (χ0n) is 19.3. The van der Waals surface area contributed by atoms with Crippen LogP contribution in [0.25, 0.3) is 10.4 Å². The van der Waals surface area contributed by atoms with Crippen molar-refractivity contribution in [3.8, 4) is 16.2 Å². The highest BCUT2D eigenvalue weighted by atomic mass is 32.1. The lowest BCUT2D eigenvalue weighted by atomic mass is 10.1. The number of hydrogen-bond donors (Lipinski definition) is 3. The van der Waals surface area contributed by atoms with Crippen molar-refractivity contribution in [2.24, 2.45) is 5.10 Å². The summed E-state index contributed by atoms with van der Waals surface area (Å²) in [5.74, 6) is -0.448. The van der Waals surface area contributed by atoms with Gasteiger partial charge in [0.2, 0.25) is 0 Å². The van der Waals surface area contributed by atoms with Crippen LogP contribution in [-0.4, -0.2) is 27.8 Å². The molecular weight excluding hydrogens is 529 g/mol. The summed E-state index contributed by atoms with van der Waals surface area (Å²) in [6.07, 6.45) is -4.45. The third-order valence-electron chi connectivity index (χ3n) is 5.11. The summed E-state index contributed by atoms with van der Waals surface area (Å²) in [5.41, 5.74) is 3.21. The summed E-state index contributed by atoms with van der Waals surface area (Å²) in [6.45, 7) is 3.49. The first kappa shape index (κ1) is 26.1. The summed E-state index contributed by atoms with van der Waals surface area (Å²) in [6, 6.07) is 9.16. The molecule has 3 aromatic heterocycles. The lowest BCUT2D eigenvalue weighted by Crippen LogP contribution is -2.22. The van der Waals surface area contributed by atoms with E-state index >= 15 is 0 Å². The minimum Gasteiger partial charge on any atom is -0.506 e. The van der Waals surface area contributed by atoms with Gasteiger partial charge in [0.25, 0.3) is 11.8 Å². The fraction of sp³-hybridized carbons (Fsp3) is 0.167. The van der Waals surface area contributed by atoms with Crippen LogP contribution in [0.15, 0.2) is 57.5 Å². The Hall–Kier alpha value is -3.97. The molecule has 0 saturated heterocycles. The van der Waals surface area contributed by atoms with Crippen molar-refractivity contribution >= 4 is 40.2 Å². The first-order chi connectivity index (χ1) is 17.5. The Bertz CT molecular complexity index is 1470. The molecule has 0 aliphatic rings. The first-order valence-electron chi connectivity index (χ1n) is 10.7. The van der Waals surface area contributed by atoms with E-state index in [4.69, 9.17) is 4.52 Å². The van der Waals surface area contributed by atoms with Gasteiger partial charge in [0, 0.05) is 11.4 Å². The molecular formula is C24H19F3N4O4S2. The predicted octanol–water partition coefficient (Wildman–Crippen LogP) is 5.58. The molecule has 0 unspecified atom stereocenters. The van der Waals surface area contributed by atoms with E-state index in [1.807, 2.05) is 0 Å². The molecule has 0 saturated carbocycles. The molecule has 37 heavy (non-hydrogen) atoms. The number of nitrogens with one attached hydrogen (secondary N) is 2. The number of carbonyl (C=O) groups excluding carboxylic acids is 2. The molecule has 13 heteroatoms. The molecule has 0 aliphatic carbocycles. The number of amides is 2. The fourth-order valence-corrected chi connectivity index (χ4v) is 5.04. The number of benzene rings is 1.